The standard InChI is InChI=1S/C17H21N3O2S/c1-12-4-6-15(7-5-12)22-9-8-18-16(21)11-23-17-19-13(2)10-14(3)20-17/h4-7,10H,8-9,11H2,1-3H3,(H,18,21). The molecule has 0 atom stereocenters. The highest BCUT2D eigenvalue weighted by molar-refractivity contribution is 7.99. The smallest absolute Gasteiger partial charge is 0.230 e. The molecule has 1 N–H and O–H groups in total. The van der Waals surface area contributed by atoms with Crippen LogP contribution in [-0.4, -0.2) is 34.8 Å². The van der Waals surface area contributed by atoms with Crippen LogP contribution in [0.4, 0.5) is 0 Å². The van der Waals surface area contributed by atoms with Crippen LogP contribution in [0.15, 0.2) is 35.5 Å². The van der Waals surface area contributed by atoms with Crippen molar-refractivity contribution in [3.8, 4) is 5.75 Å². The third-order valence-corrected chi connectivity index (χ3v) is 3.86. The minimum Gasteiger partial charge on any atom is -0.492 e. The van der Waals surface area contributed by atoms with Gasteiger partial charge >= 0.3 is 0 Å². The molecule has 1 amide bonds. The second-order valence-electron chi connectivity index (χ2n) is 5.23. The lowest BCUT2D eigenvalue weighted by Crippen LogP contribution is -2.29. The molecule has 5 nitrogen and oxygen atoms in total. The number of hydrogen-bond acceptors (Lipinski definition) is 5. The van der Waals surface area contributed by atoms with Crippen LogP contribution in [0.5, 0.6) is 5.75 Å². The van der Waals surface area contributed by atoms with Gasteiger partial charge in [0.2, 0.25) is 5.91 Å². The summed E-state index contributed by atoms with van der Waals surface area (Å²) in [4.78, 5) is 20.4. The van der Waals surface area contributed by atoms with Crippen LogP contribution in [0.2, 0.25) is 0 Å². The molecule has 1 heterocycles. The summed E-state index contributed by atoms with van der Waals surface area (Å²) in [5, 5.41) is 3.46. The topological polar surface area (TPSA) is 64.1 Å². The average molecular weight is 331 g/mol. The van der Waals surface area contributed by atoms with E-state index in [9.17, 15) is 4.79 Å². The lowest BCUT2D eigenvalue weighted by Gasteiger charge is -2.08. The first-order valence-corrected chi connectivity index (χ1v) is 8.43. The third-order valence-electron chi connectivity index (χ3n) is 3.01. The fourth-order valence-electron chi connectivity index (χ4n) is 1.93. The summed E-state index contributed by atoms with van der Waals surface area (Å²) in [6, 6.07) is 9.74. The van der Waals surface area contributed by atoms with Crippen LogP contribution in [0, 0.1) is 20.8 Å². The summed E-state index contributed by atoms with van der Waals surface area (Å²) in [5.41, 5.74) is 3.01. The Balaban J connectivity index is 1.66. The Morgan fingerprint density at radius 3 is 2.43 bits per heavy atom. The highest BCUT2D eigenvalue weighted by atomic mass is 32.2. The van der Waals surface area contributed by atoms with Crippen LogP contribution >= 0.6 is 11.8 Å². The molecule has 1 aromatic carbocycles. The Labute approximate surface area is 140 Å². The number of hydrogen-bond donors (Lipinski definition) is 1. The first kappa shape index (κ1) is 17.3. The molecule has 0 unspecified atom stereocenters. The summed E-state index contributed by atoms with van der Waals surface area (Å²) in [5.74, 6) is 1.06. The number of benzene rings is 1. The molecule has 2 rings (SSSR count). The van der Waals surface area contributed by atoms with Crippen LogP contribution in [-0.2, 0) is 4.79 Å². The molecule has 6 heteroatoms. The molecule has 0 aliphatic carbocycles. The number of aromatic nitrogens is 2. The zero-order valence-corrected chi connectivity index (χ0v) is 14.4. The molecule has 0 bridgehead atoms. The van der Waals surface area contributed by atoms with Gasteiger partial charge < -0.3 is 10.1 Å². The Morgan fingerprint density at radius 2 is 1.78 bits per heavy atom. The van der Waals surface area contributed by atoms with Crippen LogP contribution in [0.1, 0.15) is 17.0 Å². The molecule has 0 saturated carbocycles. The number of thioether (sulfide) groups is 1. The van der Waals surface area contributed by atoms with Crippen molar-refractivity contribution in [2.45, 2.75) is 25.9 Å². The van der Waals surface area contributed by atoms with E-state index in [4.69, 9.17) is 4.74 Å². The van der Waals surface area contributed by atoms with Crippen molar-refractivity contribution in [1.82, 2.24) is 15.3 Å². The lowest BCUT2D eigenvalue weighted by molar-refractivity contribution is -0.118. The zero-order chi connectivity index (χ0) is 16.7. The number of rotatable bonds is 7. The summed E-state index contributed by atoms with van der Waals surface area (Å²) < 4.78 is 5.56. The summed E-state index contributed by atoms with van der Waals surface area (Å²) in [7, 11) is 0. The van der Waals surface area contributed by atoms with E-state index in [1.165, 1.54) is 17.3 Å². The van der Waals surface area contributed by atoms with E-state index in [0.717, 1.165) is 17.1 Å². The van der Waals surface area contributed by atoms with Gasteiger partial charge in [-0.1, -0.05) is 29.5 Å². The minimum absolute atomic E-state index is 0.0507. The monoisotopic (exact) mass is 331 g/mol. The van der Waals surface area contributed by atoms with Crippen LogP contribution in [0.3, 0.4) is 0 Å². The predicted molar refractivity (Wildman–Crippen MR) is 91.9 cm³/mol. The van der Waals surface area contributed by atoms with Gasteiger partial charge in [-0.15, -0.1) is 0 Å². The Morgan fingerprint density at radius 1 is 1.13 bits per heavy atom. The Bertz CT molecular complexity index is 639. The SMILES string of the molecule is Cc1ccc(OCCNC(=O)CSc2nc(C)cc(C)n2)cc1. The maximum atomic E-state index is 11.8. The number of nitrogens with zero attached hydrogens (tertiary/aromatic N) is 2. The fraction of sp³-hybridized carbons (Fsp3) is 0.353. The van der Waals surface area contributed by atoms with E-state index in [1.807, 2.05) is 51.1 Å². The van der Waals surface area contributed by atoms with E-state index >= 15 is 0 Å². The number of ether oxygens (including phenoxy) is 1. The van der Waals surface area contributed by atoms with Gasteiger partial charge in [-0.2, -0.15) is 0 Å². The van der Waals surface area contributed by atoms with Gasteiger partial charge in [0.1, 0.15) is 12.4 Å². The van der Waals surface area contributed by atoms with Crippen molar-refractivity contribution in [1.29, 1.82) is 0 Å². The molecule has 0 aliphatic heterocycles. The first-order valence-electron chi connectivity index (χ1n) is 7.44. The van der Waals surface area contributed by atoms with E-state index in [0.29, 0.717) is 24.1 Å². The molecular formula is C17H21N3O2S. The molecule has 0 saturated heterocycles. The first-order chi connectivity index (χ1) is 11.0. The molecule has 0 spiro atoms. The molecule has 1 aromatic heterocycles. The largest absolute Gasteiger partial charge is 0.492 e. The minimum atomic E-state index is -0.0507. The molecule has 0 aliphatic rings. The van der Waals surface area contributed by atoms with Crippen LogP contribution in [0.25, 0.3) is 0 Å². The Kier molecular flexibility index (Phi) is 6.40. The van der Waals surface area contributed by atoms with Crippen molar-refractivity contribution in [3.05, 3.63) is 47.3 Å². The van der Waals surface area contributed by atoms with Gasteiger partial charge in [0.15, 0.2) is 5.16 Å². The van der Waals surface area contributed by atoms with E-state index in [-0.39, 0.29) is 5.91 Å². The van der Waals surface area contributed by atoms with Crippen molar-refractivity contribution < 1.29 is 9.53 Å². The quantitative estimate of drug-likeness (QED) is 0.480. The zero-order valence-electron chi connectivity index (χ0n) is 13.6. The summed E-state index contributed by atoms with van der Waals surface area (Å²) in [6.45, 7) is 6.78. The van der Waals surface area contributed by atoms with Crippen molar-refractivity contribution in [3.63, 3.8) is 0 Å². The van der Waals surface area contributed by atoms with Crippen molar-refractivity contribution in [2.75, 3.05) is 18.9 Å². The molecular weight excluding hydrogens is 310 g/mol. The highest BCUT2D eigenvalue weighted by Crippen LogP contribution is 2.13. The molecule has 2 aromatic rings. The molecule has 23 heavy (non-hydrogen) atoms. The average Bonchev–Trinajstić information content (AvgIpc) is 2.50. The third kappa shape index (κ3) is 6.28. The number of carbonyl (C=O) groups excluding carboxylic acids is 1. The van der Waals surface area contributed by atoms with E-state index in [2.05, 4.69) is 15.3 Å². The normalized spacial score (nSPS) is 10.4. The number of nitrogens with one attached hydrogen (secondary N) is 1. The Hall–Kier alpha value is -2.08. The van der Waals surface area contributed by atoms with Gasteiger partial charge in [0.25, 0.3) is 0 Å². The van der Waals surface area contributed by atoms with Gasteiger partial charge in [-0.25, -0.2) is 9.97 Å². The highest BCUT2D eigenvalue weighted by Gasteiger charge is 2.05. The number of amides is 1. The maximum Gasteiger partial charge on any atom is 0.230 e. The van der Waals surface area contributed by atoms with Crippen molar-refractivity contribution in [2.24, 2.45) is 0 Å². The van der Waals surface area contributed by atoms with Gasteiger partial charge in [0.05, 0.1) is 12.3 Å². The van der Waals surface area contributed by atoms with Gasteiger partial charge in [0, 0.05) is 11.4 Å². The second kappa shape index (κ2) is 8.53. The predicted octanol–water partition coefficient (Wildman–Crippen LogP) is 2.69. The summed E-state index contributed by atoms with van der Waals surface area (Å²) >= 11 is 1.34. The van der Waals surface area contributed by atoms with Crippen LogP contribution < -0.4 is 10.1 Å². The lowest BCUT2D eigenvalue weighted by atomic mass is 10.2. The van der Waals surface area contributed by atoms with Crippen molar-refractivity contribution >= 4 is 17.7 Å². The molecule has 122 valence electrons. The maximum absolute atomic E-state index is 11.8. The van der Waals surface area contributed by atoms with Gasteiger partial charge in [-0.3, -0.25) is 4.79 Å². The molecule has 0 fully saturated rings. The second-order valence-corrected chi connectivity index (χ2v) is 6.18. The number of carbonyl (C=O) groups is 1. The van der Waals surface area contributed by atoms with Gasteiger partial charge in [-0.05, 0) is 39.0 Å². The molecule has 0 radical (unpaired) electrons. The van der Waals surface area contributed by atoms with E-state index in [1.54, 1.807) is 0 Å². The van der Waals surface area contributed by atoms with E-state index < -0.39 is 0 Å². The number of aryl methyl sites for hydroxylation is 3. The summed E-state index contributed by atoms with van der Waals surface area (Å²) in [6.07, 6.45) is 0. The fourth-order valence-corrected chi connectivity index (χ4v) is 2.71.